The highest BCUT2D eigenvalue weighted by Gasteiger charge is 2.21. The van der Waals surface area contributed by atoms with Gasteiger partial charge in [0.15, 0.2) is 0 Å². The van der Waals surface area contributed by atoms with Crippen molar-refractivity contribution in [2.45, 2.75) is 0 Å². The third kappa shape index (κ3) is 6.20. The van der Waals surface area contributed by atoms with Crippen LogP contribution in [0.5, 0.6) is 0 Å². The van der Waals surface area contributed by atoms with Crippen LogP contribution in [0, 0.1) is 0 Å². The molecule has 0 fully saturated rings. The Labute approximate surface area is 375 Å². The molecule has 0 radical (unpaired) electrons. The maximum Gasteiger partial charge on any atom is 0.143 e. The van der Waals surface area contributed by atoms with Crippen LogP contribution in [0.2, 0.25) is 0 Å². The van der Waals surface area contributed by atoms with Gasteiger partial charge >= 0.3 is 0 Å². The molecule has 0 aliphatic heterocycles. The Balaban J connectivity index is 0.920. The average Bonchev–Trinajstić information content (AvgIpc) is 3.96. The van der Waals surface area contributed by atoms with Crippen molar-refractivity contribution in [3.63, 3.8) is 0 Å². The topological polar surface area (TPSA) is 29.5 Å². The van der Waals surface area contributed by atoms with Gasteiger partial charge in [-0.3, -0.25) is 0 Å². The summed E-state index contributed by atoms with van der Waals surface area (Å²) < 4.78 is 13.2. The molecule has 0 aliphatic rings. The van der Waals surface area contributed by atoms with Crippen LogP contribution in [0.4, 0.5) is 17.1 Å². The molecule has 0 unspecified atom stereocenters. The Morgan fingerprint density at radius 1 is 0.262 bits per heavy atom. The number of hydrogen-bond donors (Lipinski definition) is 0. The lowest BCUT2D eigenvalue weighted by atomic mass is 9.96. The first kappa shape index (κ1) is 36.9. The van der Waals surface area contributed by atoms with E-state index < -0.39 is 0 Å². The number of anilines is 3. The molecule has 2 heterocycles. The van der Waals surface area contributed by atoms with Crippen molar-refractivity contribution in [2.75, 3.05) is 4.90 Å². The number of hydrogen-bond acceptors (Lipinski definition) is 3. The normalized spacial score (nSPS) is 11.7. The number of para-hydroxylation sites is 3. The molecule has 0 spiro atoms. The lowest BCUT2D eigenvalue weighted by molar-refractivity contribution is 0.669. The third-order valence-electron chi connectivity index (χ3n) is 13.1. The summed E-state index contributed by atoms with van der Waals surface area (Å²) in [5, 5.41) is 9.27. The molecule has 0 saturated carbocycles. The second kappa shape index (κ2) is 15.0. The minimum Gasteiger partial charge on any atom is -0.456 e. The highest BCUT2D eigenvalue weighted by atomic mass is 16.3. The van der Waals surface area contributed by atoms with Crippen LogP contribution in [-0.2, 0) is 0 Å². The first-order chi connectivity index (χ1) is 32.2. The minimum atomic E-state index is 0.880. The van der Waals surface area contributed by atoms with E-state index in [9.17, 15) is 0 Å². The molecular weight excluding hydrogens is 791 g/mol. The Morgan fingerprint density at radius 2 is 0.754 bits per heavy atom. The maximum absolute atomic E-state index is 6.91. The molecule has 0 aliphatic carbocycles. The smallest absolute Gasteiger partial charge is 0.143 e. The molecule has 304 valence electrons. The Hall–Kier alpha value is -8.66. The number of nitrogens with zero attached hydrogens (tertiary/aromatic N) is 1. The zero-order valence-corrected chi connectivity index (χ0v) is 35.3. The second-order valence-corrected chi connectivity index (χ2v) is 16.8. The van der Waals surface area contributed by atoms with Gasteiger partial charge in [-0.05, 0) is 104 Å². The van der Waals surface area contributed by atoms with E-state index in [1.54, 1.807) is 0 Å². The van der Waals surface area contributed by atoms with Crippen LogP contribution in [0.25, 0.3) is 110 Å². The monoisotopic (exact) mass is 829 g/mol. The molecule has 13 rings (SSSR count). The van der Waals surface area contributed by atoms with Crippen LogP contribution in [0.3, 0.4) is 0 Å². The van der Waals surface area contributed by atoms with Crippen LogP contribution >= 0.6 is 0 Å². The predicted octanol–water partition coefficient (Wildman–Crippen LogP) is 17.9. The van der Waals surface area contributed by atoms with Gasteiger partial charge in [-0.2, -0.15) is 0 Å². The van der Waals surface area contributed by atoms with E-state index in [1.165, 1.54) is 27.5 Å². The number of benzene rings is 11. The summed E-state index contributed by atoms with van der Waals surface area (Å²) in [4.78, 5) is 2.37. The van der Waals surface area contributed by atoms with Gasteiger partial charge in [0.25, 0.3) is 0 Å². The maximum atomic E-state index is 6.91. The van der Waals surface area contributed by atoms with Gasteiger partial charge in [0.05, 0.1) is 5.69 Å². The van der Waals surface area contributed by atoms with E-state index in [2.05, 4.69) is 229 Å². The van der Waals surface area contributed by atoms with E-state index in [4.69, 9.17) is 8.83 Å². The fourth-order valence-electron chi connectivity index (χ4n) is 9.89. The summed E-state index contributed by atoms with van der Waals surface area (Å²) in [7, 11) is 0. The van der Waals surface area contributed by atoms with E-state index in [-0.39, 0.29) is 0 Å². The molecular formula is C62H39NO2. The van der Waals surface area contributed by atoms with Crippen molar-refractivity contribution in [2.24, 2.45) is 0 Å². The van der Waals surface area contributed by atoms with Crippen LogP contribution in [0.15, 0.2) is 245 Å². The van der Waals surface area contributed by atoms with Crippen molar-refractivity contribution in [3.8, 4) is 44.5 Å². The molecule has 11 aromatic carbocycles. The quantitative estimate of drug-likeness (QED) is 0.160. The summed E-state index contributed by atoms with van der Waals surface area (Å²) in [5.74, 6) is 0. The van der Waals surface area contributed by atoms with Gasteiger partial charge in [0.1, 0.15) is 22.3 Å². The molecule has 13 aromatic rings. The van der Waals surface area contributed by atoms with Gasteiger partial charge in [0.2, 0.25) is 0 Å². The van der Waals surface area contributed by atoms with E-state index in [0.717, 1.165) is 99.5 Å². The summed E-state index contributed by atoms with van der Waals surface area (Å²) in [6, 6.07) is 84.7. The van der Waals surface area contributed by atoms with Gasteiger partial charge in [-0.25, -0.2) is 0 Å². The summed E-state index contributed by atoms with van der Waals surface area (Å²) >= 11 is 0. The van der Waals surface area contributed by atoms with Crippen molar-refractivity contribution in [1.29, 1.82) is 0 Å². The first-order valence-corrected chi connectivity index (χ1v) is 22.1. The first-order valence-electron chi connectivity index (χ1n) is 22.1. The fourth-order valence-corrected chi connectivity index (χ4v) is 9.89. The third-order valence-corrected chi connectivity index (χ3v) is 13.1. The zero-order valence-electron chi connectivity index (χ0n) is 35.3. The second-order valence-electron chi connectivity index (χ2n) is 16.8. The van der Waals surface area contributed by atoms with Crippen LogP contribution in [-0.4, -0.2) is 0 Å². The number of rotatable bonds is 7. The molecule has 65 heavy (non-hydrogen) atoms. The predicted molar refractivity (Wildman–Crippen MR) is 272 cm³/mol. The van der Waals surface area contributed by atoms with E-state index >= 15 is 0 Å². The van der Waals surface area contributed by atoms with Crippen molar-refractivity contribution in [1.82, 2.24) is 0 Å². The molecule has 0 amide bonds. The highest BCUT2D eigenvalue weighted by molar-refractivity contribution is 6.18. The fraction of sp³-hybridized carbons (Fsp3) is 0. The average molecular weight is 830 g/mol. The van der Waals surface area contributed by atoms with Crippen molar-refractivity contribution in [3.05, 3.63) is 237 Å². The molecule has 0 bridgehead atoms. The van der Waals surface area contributed by atoms with Crippen LogP contribution in [0.1, 0.15) is 0 Å². The zero-order chi connectivity index (χ0) is 42.8. The lowest BCUT2D eigenvalue weighted by Crippen LogP contribution is -2.11. The van der Waals surface area contributed by atoms with Gasteiger partial charge < -0.3 is 13.7 Å². The molecule has 3 heteroatoms. The Morgan fingerprint density at radius 3 is 1.54 bits per heavy atom. The largest absolute Gasteiger partial charge is 0.456 e. The van der Waals surface area contributed by atoms with Gasteiger partial charge in [0, 0.05) is 49.4 Å². The summed E-state index contributed by atoms with van der Waals surface area (Å²) in [6.07, 6.45) is 0. The SMILES string of the molecule is c1ccc(N(c2ccc(-c3ccc(-c4cccc5ccccc45)cc3)cc2)c2ccc(-c3ccc4c(c3)oc3ccccc34)cc2)c(-c2cccc3c2oc2c4ccccc4ccc32)c1. The van der Waals surface area contributed by atoms with Crippen molar-refractivity contribution >= 4 is 82.5 Å². The summed E-state index contributed by atoms with van der Waals surface area (Å²) in [6.45, 7) is 0. The van der Waals surface area contributed by atoms with Gasteiger partial charge in [-0.1, -0.05) is 182 Å². The molecule has 0 N–H and O–H groups in total. The number of fused-ring (bicyclic) bond motifs is 9. The minimum absolute atomic E-state index is 0.880. The Bertz CT molecular complexity index is 3930. The molecule has 2 aromatic heterocycles. The Kier molecular flexibility index (Phi) is 8.53. The van der Waals surface area contributed by atoms with Crippen LogP contribution < -0.4 is 4.90 Å². The van der Waals surface area contributed by atoms with Crippen molar-refractivity contribution < 1.29 is 8.83 Å². The number of furan rings is 2. The molecule has 3 nitrogen and oxygen atoms in total. The van der Waals surface area contributed by atoms with E-state index in [0.29, 0.717) is 0 Å². The molecule has 0 saturated heterocycles. The lowest BCUT2D eigenvalue weighted by Gasteiger charge is -2.28. The highest BCUT2D eigenvalue weighted by Crippen LogP contribution is 2.46. The standard InChI is InChI=1S/C62H39NO2/c1-3-14-49-43(11-1)13-9-18-50(49)45-25-23-40(24-26-45)41-27-33-47(34-28-41)63(48-35-29-42(30-36-48)46-32-37-54-53-17-6-8-22-59(53)64-60(54)39-46)58-21-7-5-16-52(58)55-19-10-20-56-57-38-31-44-12-2-4-15-51(44)61(57)65-62(55)56/h1-39H. The van der Waals surface area contributed by atoms with Gasteiger partial charge in [-0.15, -0.1) is 0 Å². The molecule has 0 atom stereocenters. The van der Waals surface area contributed by atoms with E-state index in [1.807, 2.05) is 12.1 Å². The summed E-state index contributed by atoms with van der Waals surface area (Å²) in [5.41, 5.74) is 15.8.